The number of nitro groups is 1. The predicted octanol–water partition coefficient (Wildman–Crippen LogP) is 4.30. The molecule has 24 heavy (non-hydrogen) atoms. The number of rotatable bonds is 5. The molecule has 2 aromatic carbocycles. The van der Waals surface area contributed by atoms with Crippen LogP contribution in [0.1, 0.15) is 18.1 Å². The normalized spacial score (nSPS) is 12.7. The Balaban J connectivity index is 2.29. The van der Waals surface area contributed by atoms with Gasteiger partial charge in [0.05, 0.1) is 10.5 Å². The predicted molar refractivity (Wildman–Crippen MR) is 82.0 cm³/mol. The van der Waals surface area contributed by atoms with Crippen molar-refractivity contribution in [1.29, 1.82) is 0 Å². The molecule has 2 aromatic rings. The van der Waals surface area contributed by atoms with Gasteiger partial charge in [-0.2, -0.15) is 13.2 Å². The fraction of sp³-hybridized carbons (Fsp3) is 0.250. The molecule has 0 amide bonds. The van der Waals surface area contributed by atoms with Crippen LogP contribution in [-0.4, -0.2) is 11.0 Å². The van der Waals surface area contributed by atoms with E-state index in [1.807, 2.05) is 0 Å². The summed E-state index contributed by atoms with van der Waals surface area (Å²) in [6.07, 6.45) is -4.09. The number of nitro benzene ring substituents is 1. The summed E-state index contributed by atoms with van der Waals surface area (Å²) in [5.41, 5.74) is 5.35. The van der Waals surface area contributed by atoms with E-state index in [9.17, 15) is 23.3 Å². The zero-order valence-corrected chi connectivity index (χ0v) is 12.7. The number of hydrogen-bond donors (Lipinski definition) is 1. The first-order valence-electron chi connectivity index (χ1n) is 7.05. The van der Waals surface area contributed by atoms with Gasteiger partial charge < -0.3 is 10.5 Å². The third-order valence-electron chi connectivity index (χ3n) is 3.21. The molecule has 0 bridgehead atoms. The van der Waals surface area contributed by atoms with Crippen LogP contribution in [-0.2, 0) is 12.6 Å². The van der Waals surface area contributed by atoms with Gasteiger partial charge in [0.25, 0.3) is 5.69 Å². The van der Waals surface area contributed by atoms with Crippen molar-refractivity contribution in [1.82, 2.24) is 0 Å². The van der Waals surface area contributed by atoms with Crippen molar-refractivity contribution in [2.24, 2.45) is 5.73 Å². The highest BCUT2D eigenvalue weighted by Gasteiger charge is 2.30. The molecule has 0 aromatic heterocycles. The van der Waals surface area contributed by atoms with Crippen molar-refractivity contribution >= 4 is 5.69 Å². The van der Waals surface area contributed by atoms with Crippen LogP contribution in [0.4, 0.5) is 18.9 Å². The second-order valence-electron chi connectivity index (χ2n) is 5.35. The van der Waals surface area contributed by atoms with E-state index >= 15 is 0 Å². The van der Waals surface area contributed by atoms with Crippen LogP contribution in [0.3, 0.4) is 0 Å². The zero-order valence-electron chi connectivity index (χ0n) is 12.7. The summed E-state index contributed by atoms with van der Waals surface area (Å²) in [5.74, 6) is 0.514. The van der Waals surface area contributed by atoms with Gasteiger partial charge in [-0.3, -0.25) is 10.1 Å². The molecule has 5 nitrogen and oxygen atoms in total. The van der Waals surface area contributed by atoms with Gasteiger partial charge in [0.1, 0.15) is 11.5 Å². The van der Waals surface area contributed by atoms with Gasteiger partial charge in [0.15, 0.2) is 0 Å². The molecular weight excluding hydrogens is 325 g/mol. The van der Waals surface area contributed by atoms with Crippen LogP contribution in [0, 0.1) is 10.1 Å². The lowest BCUT2D eigenvalue weighted by Gasteiger charge is -2.13. The van der Waals surface area contributed by atoms with Crippen molar-refractivity contribution in [3.63, 3.8) is 0 Å². The summed E-state index contributed by atoms with van der Waals surface area (Å²) < 4.78 is 43.2. The summed E-state index contributed by atoms with van der Waals surface area (Å²) >= 11 is 0. The van der Waals surface area contributed by atoms with Gasteiger partial charge in [-0.15, -0.1) is 0 Å². The highest BCUT2D eigenvalue weighted by atomic mass is 19.4. The van der Waals surface area contributed by atoms with E-state index in [1.165, 1.54) is 30.3 Å². The Morgan fingerprint density at radius 2 is 1.83 bits per heavy atom. The number of hydrogen-bond acceptors (Lipinski definition) is 4. The first-order valence-corrected chi connectivity index (χ1v) is 7.05. The Morgan fingerprint density at radius 1 is 1.21 bits per heavy atom. The lowest BCUT2D eigenvalue weighted by atomic mass is 10.1. The maximum absolute atomic E-state index is 12.6. The second kappa shape index (κ2) is 6.88. The van der Waals surface area contributed by atoms with E-state index in [2.05, 4.69) is 0 Å². The lowest BCUT2D eigenvalue weighted by molar-refractivity contribution is -0.384. The number of non-ortho nitro benzene ring substituents is 1. The van der Waals surface area contributed by atoms with Gasteiger partial charge >= 0.3 is 6.18 Å². The van der Waals surface area contributed by atoms with E-state index in [0.29, 0.717) is 17.7 Å². The van der Waals surface area contributed by atoms with Crippen molar-refractivity contribution < 1.29 is 22.8 Å². The highest BCUT2D eigenvalue weighted by Crippen LogP contribution is 2.33. The van der Waals surface area contributed by atoms with Gasteiger partial charge in [0, 0.05) is 23.7 Å². The lowest BCUT2D eigenvalue weighted by Crippen LogP contribution is -2.18. The molecule has 1 unspecified atom stereocenters. The minimum Gasteiger partial charge on any atom is -0.457 e. The van der Waals surface area contributed by atoms with Gasteiger partial charge in [0.2, 0.25) is 0 Å². The molecule has 0 aliphatic rings. The molecule has 0 fully saturated rings. The molecule has 0 saturated heterocycles. The number of halogens is 3. The fourth-order valence-electron chi connectivity index (χ4n) is 2.12. The average molecular weight is 340 g/mol. The number of nitrogens with two attached hydrogens (primary N) is 1. The number of ether oxygens (including phenoxy) is 1. The smallest absolute Gasteiger partial charge is 0.416 e. The first kappa shape index (κ1) is 17.7. The molecular formula is C16H15F3N2O3. The van der Waals surface area contributed by atoms with Gasteiger partial charge in [-0.1, -0.05) is 0 Å². The van der Waals surface area contributed by atoms with Crippen molar-refractivity contribution in [2.75, 3.05) is 0 Å². The summed E-state index contributed by atoms with van der Waals surface area (Å²) in [6, 6.07) is 7.97. The molecule has 0 spiro atoms. The van der Waals surface area contributed by atoms with Crippen molar-refractivity contribution in [2.45, 2.75) is 25.6 Å². The molecule has 0 radical (unpaired) electrons. The maximum atomic E-state index is 12.6. The average Bonchev–Trinajstić information content (AvgIpc) is 2.48. The quantitative estimate of drug-likeness (QED) is 0.650. The van der Waals surface area contributed by atoms with E-state index < -0.39 is 16.7 Å². The molecule has 128 valence electrons. The van der Waals surface area contributed by atoms with Crippen molar-refractivity contribution in [3.8, 4) is 11.5 Å². The van der Waals surface area contributed by atoms with Crippen LogP contribution in [0.2, 0.25) is 0 Å². The maximum Gasteiger partial charge on any atom is 0.416 e. The van der Waals surface area contributed by atoms with Crippen LogP contribution in [0.5, 0.6) is 11.5 Å². The van der Waals surface area contributed by atoms with Gasteiger partial charge in [-0.05, 0) is 43.7 Å². The third-order valence-corrected chi connectivity index (χ3v) is 3.21. The number of benzene rings is 2. The summed E-state index contributed by atoms with van der Waals surface area (Å²) in [5, 5.41) is 10.9. The Labute approximate surface area is 136 Å². The number of nitrogens with zero attached hydrogens (tertiary/aromatic N) is 1. The molecule has 0 saturated carbocycles. The zero-order chi connectivity index (χ0) is 17.9. The van der Waals surface area contributed by atoms with Gasteiger partial charge in [-0.25, -0.2) is 0 Å². The SMILES string of the molecule is CC(N)Cc1cc([N+](=O)[O-])ccc1Oc1ccc(C(F)(F)F)cc1. The van der Waals surface area contributed by atoms with Crippen LogP contribution >= 0.6 is 0 Å². The van der Waals surface area contributed by atoms with Crippen LogP contribution in [0.15, 0.2) is 42.5 Å². The Hall–Kier alpha value is -2.61. The van der Waals surface area contributed by atoms with Crippen molar-refractivity contribution in [3.05, 3.63) is 63.7 Å². The van der Waals surface area contributed by atoms with Crippen LogP contribution in [0.25, 0.3) is 0 Å². The van der Waals surface area contributed by atoms with E-state index in [0.717, 1.165) is 12.1 Å². The number of alkyl halides is 3. The molecule has 8 heteroatoms. The molecule has 1 atom stereocenters. The van der Waals surface area contributed by atoms with E-state index in [1.54, 1.807) is 6.92 Å². The minimum atomic E-state index is -4.42. The molecule has 2 rings (SSSR count). The molecule has 2 N–H and O–H groups in total. The highest BCUT2D eigenvalue weighted by molar-refractivity contribution is 5.46. The second-order valence-corrected chi connectivity index (χ2v) is 5.35. The molecule has 0 heterocycles. The summed E-state index contributed by atoms with van der Waals surface area (Å²) in [6.45, 7) is 1.74. The fourth-order valence-corrected chi connectivity index (χ4v) is 2.12. The first-order chi connectivity index (χ1) is 11.2. The Morgan fingerprint density at radius 3 is 2.33 bits per heavy atom. The topological polar surface area (TPSA) is 78.4 Å². The van der Waals surface area contributed by atoms with E-state index in [4.69, 9.17) is 10.5 Å². The third kappa shape index (κ3) is 4.45. The van der Waals surface area contributed by atoms with Crippen LogP contribution < -0.4 is 10.5 Å². The standard InChI is InChI=1S/C16H15F3N2O3/c1-10(20)8-11-9-13(21(22)23)4-7-15(11)24-14-5-2-12(3-6-14)16(17,18)19/h2-7,9-10H,8,20H2,1H3. The largest absolute Gasteiger partial charge is 0.457 e. The Kier molecular flexibility index (Phi) is 5.08. The van der Waals surface area contributed by atoms with E-state index in [-0.39, 0.29) is 17.5 Å². The molecule has 0 aliphatic carbocycles. The summed E-state index contributed by atoms with van der Waals surface area (Å²) in [4.78, 5) is 10.3. The Bertz CT molecular complexity index is 728. The summed E-state index contributed by atoms with van der Waals surface area (Å²) in [7, 11) is 0. The monoisotopic (exact) mass is 340 g/mol. The molecule has 0 aliphatic heterocycles. The minimum absolute atomic E-state index is 0.106.